The van der Waals surface area contributed by atoms with E-state index in [9.17, 15) is 18.0 Å². The maximum atomic E-state index is 12.9. The van der Waals surface area contributed by atoms with Crippen LogP contribution in [0.5, 0.6) is 0 Å². The number of hydrogen-bond donors (Lipinski definition) is 2. The van der Waals surface area contributed by atoms with Crippen LogP contribution in [-0.2, 0) is 6.18 Å². The van der Waals surface area contributed by atoms with E-state index in [1.165, 1.54) is 35.4 Å². The number of nitrogens with one attached hydrogen (secondary N) is 1. The van der Waals surface area contributed by atoms with E-state index >= 15 is 0 Å². The molecule has 1 aromatic carbocycles. The van der Waals surface area contributed by atoms with Crippen molar-refractivity contribution in [3.05, 3.63) is 65.2 Å². The SMILES string of the molecule is Cc1nn(-c2nccnc2N)cc1C(=O)NCC(CC(C)C)c1ccc(C(F)(F)F)cc1. The summed E-state index contributed by atoms with van der Waals surface area (Å²) in [5.74, 6) is 0.325. The number of nitrogens with zero attached hydrogens (tertiary/aromatic N) is 4. The largest absolute Gasteiger partial charge is 0.416 e. The third-order valence-electron chi connectivity index (χ3n) is 5.04. The highest BCUT2D eigenvalue weighted by atomic mass is 19.4. The van der Waals surface area contributed by atoms with Crippen molar-refractivity contribution in [1.82, 2.24) is 25.1 Å². The minimum Gasteiger partial charge on any atom is -0.381 e. The molecule has 7 nitrogen and oxygen atoms in total. The van der Waals surface area contributed by atoms with Crippen LogP contribution >= 0.6 is 0 Å². The highest BCUT2D eigenvalue weighted by Crippen LogP contribution is 2.31. The molecule has 0 aliphatic rings. The molecule has 32 heavy (non-hydrogen) atoms. The Morgan fingerprint density at radius 1 is 1.16 bits per heavy atom. The fourth-order valence-corrected chi connectivity index (χ4v) is 3.47. The van der Waals surface area contributed by atoms with Crippen LogP contribution in [0.25, 0.3) is 5.82 Å². The predicted octanol–water partition coefficient (Wildman–Crippen LogP) is 4.13. The summed E-state index contributed by atoms with van der Waals surface area (Å²) in [5.41, 5.74) is 6.72. The number of aromatic nitrogens is 4. The van der Waals surface area contributed by atoms with E-state index in [0.717, 1.165) is 17.7 Å². The van der Waals surface area contributed by atoms with Gasteiger partial charge in [0.15, 0.2) is 11.6 Å². The van der Waals surface area contributed by atoms with E-state index in [4.69, 9.17) is 5.73 Å². The number of benzene rings is 1. The van der Waals surface area contributed by atoms with Gasteiger partial charge >= 0.3 is 6.18 Å². The van der Waals surface area contributed by atoms with Gasteiger partial charge in [-0.1, -0.05) is 26.0 Å². The van der Waals surface area contributed by atoms with Crippen LogP contribution in [0.4, 0.5) is 19.0 Å². The Morgan fingerprint density at radius 3 is 2.41 bits per heavy atom. The average molecular weight is 446 g/mol. The van der Waals surface area contributed by atoms with Gasteiger partial charge in [-0.3, -0.25) is 4.79 Å². The quantitative estimate of drug-likeness (QED) is 0.569. The summed E-state index contributed by atoms with van der Waals surface area (Å²) in [7, 11) is 0. The number of nitrogens with two attached hydrogens (primary N) is 1. The standard InChI is InChI=1S/C22H25F3N6O/c1-13(2)10-16(15-4-6-17(7-5-15)22(23,24)25)11-29-21(32)18-12-31(30-14(18)3)20-19(26)27-8-9-28-20/h4-9,12-13,16H,10-11H2,1-3H3,(H2,26,27)(H,29,32). The first-order valence-corrected chi connectivity index (χ1v) is 10.1. The Balaban J connectivity index is 1.75. The smallest absolute Gasteiger partial charge is 0.381 e. The van der Waals surface area contributed by atoms with Gasteiger partial charge in [0.05, 0.1) is 16.8 Å². The summed E-state index contributed by atoms with van der Waals surface area (Å²) in [6.45, 7) is 6.02. The van der Waals surface area contributed by atoms with E-state index < -0.39 is 11.7 Å². The molecular formula is C22H25F3N6O. The molecule has 0 saturated heterocycles. The monoisotopic (exact) mass is 446 g/mol. The van der Waals surface area contributed by atoms with Crippen LogP contribution < -0.4 is 11.1 Å². The van der Waals surface area contributed by atoms with Crippen LogP contribution in [0, 0.1) is 12.8 Å². The van der Waals surface area contributed by atoms with Crippen molar-refractivity contribution in [3.8, 4) is 5.82 Å². The molecule has 3 aromatic rings. The summed E-state index contributed by atoms with van der Waals surface area (Å²) in [6, 6.07) is 5.10. The Kier molecular flexibility index (Phi) is 6.81. The lowest BCUT2D eigenvalue weighted by Gasteiger charge is -2.21. The Hall–Kier alpha value is -3.43. The third kappa shape index (κ3) is 5.43. The second-order valence-electron chi connectivity index (χ2n) is 7.99. The lowest BCUT2D eigenvalue weighted by molar-refractivity contribution is -0.137. The number of nitrogen functional groups attached to an aromatic ring is 1. The summed E-state index contributed by atoms with van der Waals surface area (Å²) in [4.78, 5) is 20.9. The molecule has 1 amide bonds. The van der Waals surface area contributed by atoms with E-state index in [0.29, 0.717) is 29.4 Å². The van der Waals surface area contributed by atoms with Crippen LogP contribution in [0.2, 0.25) is 0 Å². The van der Waals surface area contributed by atoms with Crippen molar-refractivity contribution in [2.75, 3.05) is 12.3 Å². The zero-order chi connectivity index (χ0) is 23.5. The molecule has 1 unspecified atom stereocenters. The zero-order valence-electron chi connectivity index (χ0n) is 18.0. The summed E-state index contributed by atoms with van der Waals surface area (Å²) in [5, 5.41) is 7.18. The van der Waals surface area contributed by atoms with Gasteiger partial charge in [-0.2, -0.15) is 18.3 Å². The maximum absolute atomic E-state index is 12.9. The first-order valence-electron chi connectivity index (χ1n) is 10.1. The van der Waals surface area contributed by atoms with Crippen molar-refractivity contribution >= 4 is 11.7 Å². The number of aryl methyl sites for hydroxylation is 1. The average Bonchev–Trinajstić information content (AvgIpc) is 3.12. The molecule has 3 rings (SSSR count). The molecule has 170 valence electrons. The predicted molar refractivity (Wildman–Crippen MR) is 114 cm³/mol. The van der Waals surface area contributed by atoms with Crippen LogP contribution in [0.15, 0.2) is 42.9 Å². The Labute approximate surface area is 183 Å². The molecule has 0 aliphatic heterocycles. The van der Waals surface area contributed by atoms with Crippen molar-refractivity contribution in [2.45, 2.75) is 39.3 Å². The van der Waals surface area contributed by atoms with Crippen LogP contribution in [0.1, 0.15) is 53.4 Å². The molecule has 0 spiro atoms. The number of rotatable bonds is 7. The zero-order valence-corrected chi connectivity index (χ0v) is 18.0. The van der Waals surface area contributed by atoms with Gasteiger partial charge in [0.2, 0.25) is 0 Å². The fraction of sp³-hybridized carbons (Fsp3) is 0.364. The molecule has 10 heteroatoms. The molecule has 1 atom stereocenters. The number of carbonyl (C=O) groups is 1. The van der Waals surface area contributed by atoms with E-state index in [-0.39, 0.29) is 24.2 Å². The molecule has 0 fully saturated rings. The van der Waals surface area contributed by atoms with Crippen LogP contribution in [0.3, 0.4) is 0 Å². The second kappa shape index (κ2) is 9.37. The van der Waals surface area contributed by atoms with Crippen LogP contribution in [-0.4, -0.2) is 32.2 Å². The second-order valence-corrected chi connectivity index (χ2v) is 7.99. The normalized spacial score (nSPS) is 12.7. The van der Waals surface area contributed by atoms with Crippen molar-refractivity contribution in [3.63, 3.8) is 0 Å². The molecule has 0 bridgehead atoms. The summed E-state index contributed by atoms with van der Waals surface area (Å²) >= 11 is 0. The molecule has 0 aliphatic carbocycles. The van der Waals surface area contributed by atoms with Gasteiger partial charge in [0, 0.05) is 31.1 Å². The van der Waals surface area contributed by atoms with Crippen molar-refractivity contribution in [1.29, 1.82) is 0 Å². The third-order valence-corrected chi connectivity index (χ3v) is 5.04. The molecular weight excluding hydrogens is 421 g/mol. The number of alkyl halides is 3. The van der Waals surface area contributed by atoms with Gasteiger partial charge in [-0.15, -0.1) is 0 Å². The molecule has 0 radical (unpaired) electrons. The highest BCUT2D eigenvalue weighted by Gasteiger charge is 2.30. The van der Waals surface area contributed by atoms with Gasteiger partial charge in [-0.25, -0.2) is 14.6 Å². The topological polar surface area (TPSA) is 98.7 Å². The number of anilines is 1. The first kappa shape index (κ1) is 23.2. The van der Waals surface area contributed by atoms with Gasteiger partial charge in [0.1, 0.15) is 0 Å². The number of hydrogen-bond acceptors (Lipinski definition) is 5. The molecule has 0 saturated carbocycles. The maximum Gasteiger partial charge on any atom is 0.416 e. The highest BCUT2D eigenvalue weighted by molar-refractivity contribution is 5.95. The first-order chi connectivity index (χ1) is 15.1. The molecule has 2 heterocycles. The number of amides is 1. The summed E-state index contributed by atoms with van der Waals surface area (Å²) in [6.07, 6.45) is 0.785. The summed E-state index contributed by atoms with van der Waals surface area (Å²) < 4.78 is 40.0. The lowest BCUT2D eigenvalue weighted by atomic mass is 9.89. The molecule has 2 aromatic heterocycles. The van der Waals surface area contributed by atoms with Crippen molar-refractivity contribution in [2.24, 2.45) is 5.92 Å². The van der Waals surface area contributed by atoms with E-state index in [2.05, 4.69) is 20.4 Å². The number of halogens is 3. The number of carbonyl (C=O) groups excluding carboxylic acids is 1. The molecule has 3 N–H and O–H groups in total. The van der Waals surface area contributed by atoms with Gasteiger partial charge in [-0.05, 0) is 37.0 Å². The Morgan fingerprint density at radius 2 is 1.81 bits per heavy atom. The van der Waals surface area contributed by atoms with E-state index in [1.807, 2.05) is 13.8 Å². The van der Waals surface area contributed by atoms with E-state index in [1.54, 1.807) is 6.92 Å². The van der Waals surface area contributed by atoms with Gasteiger partial charge < -0.3 is 11.1 Å². The Bertz CT molecular complexity index is 1080. The minimum absolute atomic E-state index is 0.132. The van der Waals surface area contributed by atoms with Crippen molar-refractivity contribution < 1.29 is 18.0 Å². The minimum atomic E-state index is -4.38. The lowest BCUT2D eigenvalue weighted by Crippen LogP contribution is -2.29. The van der Waals surface area contributed by atoms with Gasteiger partial charge in [0.25, 0.3) is 5.91 Å². The fourth-order valence-electron chi connectivity index (χ4n) is 3.47.